The molecule has 1 aromatic carbocycles. The van der Waals surface area contributed by atoms with E-state index < -0.39 is 12.3 Å². The number of ether oxygens (including phenoxy) is 1. The van der Waals surface area contributed by atoms with Crippen molar-refractivity contribution in [2.75, 3.05) is 7.11 Å². The monoisotopic (exact) mass is 292 g/mol. The Morgan fingerprint density at radius 1 is 1.19 bits per heavy atom. The highest BCUT2D eigenvalue weighted by molar-refractivity contribution is 6.43. The minimum Gasteiger partial charge on any atom is -0.367 e. The van der Waals surface area contributed by atoms with E-state index in [2.05, 4.69) is 4.74 Å². The van der Waals surface area contributed by atoms with Gasteiger partial charge in [0.25, 0.3) is 0 Å². The van der Waals surface area contributed by atoms with Crippen molar-refractivity contribution < 1.29 is 17.9 Å². The van der Waals surface area contributed by atoms with Gasteiger partial charge in [0, 0.05) is 17.7 Å². The van der Waals surface area contributed by atoms with Crippen LogP contribution in [0.2, 0.25) is 15.1 Å². The van der Waals surface area contributed by atoms with E-state index in [0.29, 0.717) is 0 Å². The van der Waals surface area contributed by atoms with Gasteiger partial charge in [-0.2, -0.15) is 13.2 Å². The fourth-order valence-corrected chi connectivity index (χ4v) is 1.92. The van der Waals surface area contributed by atoms with Crippen LogP contribution in [0.4, 0.5) is 13.2 Å². The molecule has 90 valence electrons. The zero-order valence-corrected chi connectivity index (χ0v) is 10.2. The second-order valence-electron chi connectivity index (χ2n) is 2.95. The molecule has 0 spiro atoms. The first-order valence-electron chi connectivity index (χ1n) is 4.01. The summed E-state index contributed by atoms with van der Waals surface area (Å²) in [4.78, 5) is 0. The molecule has 1 rings (SSSR count). The zero-order valence-electron chi connectivity index (χ0n) is 7.91. The summed E-state index contributed by atoms with van der Waals surface area (Å²) in [5, 5.41) is -0.193. The van der Waals surface area contributed by atoms with Gasteiger partial charge in [-0.1, -0.05) is 34.8 Å². The van der Waals surface area contributed by atoms with E-state index in [-0.39, 0.29) is 20.6 Å². The minimum atomic E-state index is -4.58. The molecule has 1 nitrogen and oxygen atoms in total. The third-order valence-electron chi connectivity index (χ3n) is 1.84. The lowest BCUT2D eigenvalue weighted by molar-refractivity contribution is -0.215. The van der Waals surface area contributed by atoms with E-state index in [4.69, 9.17) is 34.8 Å². The number of alkyl halides is 3. The van der Waals surface area contributed by atoms with Gasteiger partial charge in [0.2, 0.25) is 0 Å². The molecule has 0 bridgehead atoms. The molecule has 0 radical (unpaired) electrons. The molecule has 1 unspecified atom stereocenters. The topological polar surface area (TPSA) is 9.23 Å². The molecule has 0 saturated carbocycles. The lowest BCUT2D eigenvalue weighted by Gasteiger charge is -2.20. The molecule has 0 N–H and O–H groups in total. The Morgan fingerprint density at radius 2 is 1.75 bits per heavy atom. The van der Waals surface area contributed by atoms with Crippen molar-refractivity contribution in [2.24, 2.45) is 0 Å². The Morgan fingerprint density at radius 3 is 2.19 bits per heavy atom. The Kier molecular flexibility index (Phi) is 4.35. The standard InChI is InChI=1S/C9H6Cl3F3O/c1-16-8(9(13,14)15)5-2-4(10)3-6(11)7(5)12/h2-3,8H,1H3. The highest BCUT2D eigenvalue weighted by Crippen LogP contribution is 2.41. The second kappa shape index (κ2) is 5.00. The van der Waals surface area contributed by atoms with Crippen LogP contribution in [-0.4, -0.2) is 13.3 Å². The van der Waals surface area contributed by atoms with Gasteiger partial charge in [-0.05, 0) is 12.1 Å². The van der Waals surface area contributed by atoms with Crippen LogP contribution in [0.15, 0.2) is 12.1 Å². The van der Waals surface area contributed by atoms with Crippen LogP contribution < -0.4 is 0 Å². The van der Waals surface area contributed by atoms with Crippen molar-refractivity contribution >= 4 is 34.8 Å². The molecule has 1 aromatic rings. The van der Waals surface area contributed by atoms with Crippen molar-refractivity contribution in [1.82, 2.24) is 0 Å². The minimum absolute atomic E-state index is 0.0459. The maximum absolute atomic E-state index is 12.6. The first-order chi connectivity index (χ1) is 7.27. The van der Waals surface area contributed by atoms with Crippen LogP contribution >= 0.6 is 34.8 Å². The Hall–Kier alpha value is -0.160. The van der Waals surface area contributed by atoms with E-state index in [9.17, 15) is 13.2 Å². The van der Waals surface area contributed by atoms with Gasteiger partial charge in [0.15, 0.2) is 6.10 Å². The van der Waals surface area contributed by atoms with Crippen molar-refractivity contribution in [3.63, 3.8) is 0 Å². The first-order valence-corrected chi connectivity index (χ1v) is 5.14. The van der Waals surface area contributed by atoms with E-state index >= 15 is 0 Å². The molecule has 0 aliphatic heterocycles. The molecule has 0 aliphatic rings. The maximum Gasteiger partial charge on any atom is 0.418 e. The normalized spacial score (nSPS) is 13.9. The van der Waals surface area contributed by atoms with E-state index in [1.165, 1.54) is 6.07 Å². The van der Waals surface area contributed by atoms with E-state index in [0.717, 1.165) is 13.2 Å². The molecule has 0 amide bonds. The van der Waals surface area contributed by atoms with E-state index in [1.807, 2.05) is 0 Å². The summed E-state index contributed by atoms with van der Waals surface area (Å²) in [7, 11) is 0.934. The van der Waals surface area contributed by atoms with Crippen LogP contribution in [0.1, 0.15) is 11.7 Å². The highest BCUT2D eigenvalue weighted by Gasteiger charge is 2.42. The highest BCUT2D eigenvalue weighted by atomic mass is 35.5. The average Bonchev–Trinajstić information content (AvgIpc) is 2.11. The molecule has 1 atom stereocenters. The maximum atomic E-state index is 12.6. The first kappa shape index (κ1) is 13.9. The third-order valence-corrected chi connectivity index (χ3v) is 2.87. The number of rotatable bonds is 2. The van der Waals surface area contributed by atoms with Gasteiger partial charge in [-0.3, -0.25) is 0 Å². The Bertz CT molecular complexity index is 392. The van der Waals surface area contributed by atoms with Crippen LogP contribution in [-0.2, 0) is 4.74 Å². The SMILES string of the molecule is COC(c1cc(Cl)cc(Cl)c1Cl)C(F)(F)F. The predicted molar refractivity (Wildman–Crippen MR) is 57.3 cm³/mol. The fourth-order valence-electron chi connectivity index (χ4n) is 1.20. The lowest BCUT2D eigenvalue weighted by Crippen LogP contribution is -2.22. The average molecular weight is 293 g/mol. The number of benzene rings is 1. The molecular formula is C9H6Cl3F3O. The third kappa shape index (κ3) is 2.94. The summed E-state index contributed by atoms with van der Waals surface area (Å²) in [5.74, 6) is 0. The zero-order chi connectivity index (χ0) is 12.5. The number of halogens is 6. The summed E-state index contributed by atoms with van der Waals surface area (Å²) < 4.78 is 42.1. The van der Waals surface area contributed by atoms with Crippen LogP contribution in [0.5, 0.6) is 0 Å². The van der Waals surface area contributed by atoms with Crippen molar-refractivity contribution in [1.29, 1.82) is 0 Å². The molecule has 0 heterocycles. The Labute approximate surface area is 105 Å². The van der Waals surface area contributed by atoms with Crippen molar-refractivity contribution in [2.45, 2.75) is 12.3 Å². The molecular weight excluding hydrogens is 287 g/mol. The number of hydrogen-bond acceptors (Lipinski definition) is 1. The molecule has 0 aliphatic carbocycles. The smallest absolute Gasteiger partial charge is 0.367 e. The van der Waals surface area contributed by atoms with Gasteiger partial charge in [-0.15, -0.1) is 0 Å². The predicted octanol–water partition coefficient (Wildman–Crippen LogP) is 4.90. The van der Waals surface area contributed by atoms with Crippen LogP contribution in [0.25, 0.3) is 0 Å². The summed E-state index contributed by atoms with van der Waals surface area (Å²) in [5.41, 5.74) is -0.297. The van der Waals surface area contributed by atoms with Gasteiger partial charge >= 0.3 is 6.18 Å². The van der Waals surface area contributed by atoms with Gasteiger partial charge < -0.3 is 4.74 Å². The largest absolute Gasteiger partial charge is 0.418 e. The van der Waals surface area contributed by atoms with Crippen molar-refractivity contribution in [3.8, 4) is 0 Å². The quantitative estimate of drug-likeness (QED) is 0.705. The van der Waals surface area contributed by atoms with Gasteiger partial charge in [0.05, 0.1) is 10.0 Å². The van der Waals surface area contributed by atoms with Crippen LogP contribution in [0, 0.1) is 0 Å². The van der Waals surface area contributed by atoms with Crippen molar-refractivity contribution in [3.05, 3.63) is 32.8 Å². The van der Waals surface area contributed by atoms with Gasteiger partial charge in [0.1, 0.15) is 0 Å². The summed E-state index contributed by atoms with van der Waals surface area (Å²) in [6.07, 6.45) is -6.72. The van der Waals surface area contributed by atoms with Gasteiger partial charge in [-0.25, -0.2) is 0 Å². The number of hydrogen-bond donors (Lipinski definition) is 0. The number of methoxy groups -OCH3 is 1. The summed E-state index contributed by atoms with van der Waals surface area (Å²) >= 11 is 16.9. The molecule has 0 saturated heterocycles. The second-order valence-corrected chi connectivity index (χ2v) is 4.17. The lowest BCUT2D eigenvalue weighted by atomic mass is 10.1. The Balaban J connectivity index is 3.30. The molecule has 16 heavy (non-hydrogen) atoms. The summed E-state index contributed by atoms with van der Waals surface area (Å²) in [6, 6.07) is 2.34. The summed E-state index contributed by atoms with van der Waals surface area (Å²) in [6.45, 7) is 0. The molecule has 0 aromatic heterocycles. The molecule has 0 fully saturated rings. The molecule has 7 heteroatoms. The fraction of sp³-hybridized carbons (Fsp3) is 0.333. The van der Waals surface area contributed by atoms with Crippen LogP contribution in [0.3, 0.4) is 0 Å². The van der Waals surface area contributed by atoms with E-state index in [1.54, 1.807) is 0 Å².